The minimum Gasteiger partial charge on any atom is -0.274 e. The number of para-hydroxylation sites is 1. The molecule has 2 rings (SSSR count). The molecule has 2 aromatic rings. The molecule has 0 saturated carbocycles. The molecule has 4 nitrogen and oxygen atoms in total. The van der Waals surface area contributed by atoms with Gasteiger partial charge < -0.3 is 0 Å². The summed E-state index contributed by atoms with van der Waals surface area (Å²) in [5.74, 6) is -0.542. The maximum atomic E-state index is 12.7. The van der Waals surface area contributed by atoms with E-state index in [1.807, 2.05) is 29.5 Å². The molecule has 0 fully saturated rings. The van der Waals surface area contributed by atoms with Crippen molar-refractivity contribution in [3.05, 3.63) is 57.7 Å². The van der Waals surface area contributed by atoms with Crippen LogP contribution in [0.25, 0.3) is 0 Å². The summed E-state index contributed by atoms with van der Waals surface area (Å²) in [5, 5.41) is 0. The number of carbonyl (C=O) groups excluding carboxylic acids is 1. The van der Waals surface area contributed by atoms with Gasteiger partial charge in [-0.25, -0.2) is 12.7 Å². The van der Waals surface area contributed by atoms with Crippen LogP contribution in [0.15, 0.2) is 53.4 Å². The third-order valence-electron chi connectivity index (χ3n) is 2.92. The van der Waals surface area contributed by atoms with Crippen LogP contribution < -0.4 is 4.31 Å². The highest BCUT2D eigenvalue weighted by molar-refractivity contribution is 14.1. The molecule has 0 aliphatic rings. The van der Waals surface area contributed by atoms with Crippen molar-refractivity contribution in [1.29, 1.82) is 0 Å². The van der Waals surface area contributed by atoms with E-state index in [9.17, 15) is 13.2 Å². The molecule has 21 heavy (non-hydrogen) atoms. The van der Waals surface area contributed by atoms with Gasteiger partial charge in [0.25, 0.3) is 10.0 Å². The molecule has 0 radical (unpaired) electrons. The maximum absolute atomic E-state index is 12.7. The van der Waals surface area contributed by atoms with Crippen LogP contribution in [0, 0.1) is 10.5 Å². The lowest BCUT2D eigenvalue weighted by molar-refractivity contribution is -0.115. The number of nitrogens with zero attached hydrogens (tertiary/aromatic N) is 1. The average Bonchev–Trinajstić information content (AvgIpc) is 2.41. The molecule has 2 aromatic carbocycles. The van der Waals surface area contributed by atoms with E-state index in [0.29, 0.717) is 9.26 Å². The quantitative estimate of drug-likeness (QED) is 0.723. The molecular formula is C15H14INO3S. The van der Waals surface area contributed by atoms with Crippen LogP contribution in [0.4, 0.5) is 5.69 Å². The largest absolute Gasteiger partial charge is 0.274 e. The first-order valence-corrected chi connectivity index (χ1v) is 8.73. The monoisotopic (exact) mass is 415 g/mol. The van der Waals surface area contributed by atoms with Crippen molar-refractivity contribution in [1.82, 2.24) is 0 Å². The number of sulfonamides is 1. The minimum absolute atomic E-state index is 0.1000. The molecule has 0 aliphatic heterocycles. The second kappa shape index (κ2) is 6.15. The minimum atomic E-state index is -3.91. The van der Waals surface area contributed by atoms with Crippen molar-refractivity contribution < 1.29 is 13.2 Å². The van der Waals surface area contributed by atoms with Gasteiger partial charge in [0.15, 0.2) is 0 Å². The Balaban J connectivity index is 2.60. The molecule has 1 amide bonds. The van der Waals surface area contributed by atoms with Crippen molar-refractivity contribution in [3.8, 4) is 0 Å². The molecule has 0 aliphatic carbocycles. The first-order valence-electron chi connectivity index (χ1n) is 6.21. The van der Waals surface area contributed by atoms with E-state index in [1.54, 1.807) is 36.4 Å². The zero-order chi connectivity index (χ0) is 15.6. The number of hydrogen-bond donors (Lipinski definition) is 0. The van der Waals surface area contributed by atoms with Crippen molar-refractivity contribution >= 4 is 44.2 Å². The fourth-order valence-electron chi connectivity index (χ4n) is 1.90. The Hall–Kier alpha value is -1.41. The van der Waals surface area contributed by atoms with Crippen molar-refractivity contribution in [3.63, 3.8) is 0 Å². The average molecular weight is 415 g/mol. The van der Waals surface area contributed by atoms with E-state index in [-0.39, 0.29) is 4.90 Å². The van der Waals surface area contributed by atoms with E-state index in [1.165, 1.54) is 19.1 Å². The predicted molar refractivity (Wildman–Crippen MR) is 90.7 cm³/mol. The SMILES string of the molecule is CC(=O)N(c1ccccc1I)S(=O)(=O)c1ccc(C)cc1. The smallest absolute Gasteiger partial charge is 0.270 e. The molecule has 0 heterocycles. The van der Waals surface area contributed by atoms with Gasteiger partial charge in [-0.15, -0.1) is 0 Å². The zero-order valence-electron chi connectivity index (χ0n) is 11.6. The fraction of sp³-hybridized carbons (Fsp3) is 0.133. The first-order chi connectivity index (χ1) is 9.84. The Kier molecular flexibility index (Phi) is 4.67. The standard InChI is InChI=1S/C15H14INO3S/c1-11-7-9-13(10-8-11)21(19,20)17(12(2)18)15-6-4-3-5-14(15)16/h3-10H,1-2H3. The van der Waals surface area contributed by atoms with Crippen molar-refractivity contribution in [2.75, 3.05) is 4.31 Å². The van der Waals surface area contributed by atoms with E-state index < -0.39 is 15.9 Å². The first kappa shape index (κ1) is 16.0. The Labute approximate surface area is 138 Å². The van der Waals surface area contributed by atoms with Gasteiger partial charge in [0, 0.05) is 10.5 Å². The molecule has 0 aromatic heterocycles. The van der Waals surface area contributed by atoms with Crippen LogP contribution in [0.2, 0.25) is 0 Å². The number of anilines is 1. The summed E-state index contributed by atoms with van der Waals surface area (Å²) in [4.78, 5) is 12.0. The lowest BCUT2D eigenvalue weighted by Gasteiger charge is -2.22. The summed E-state index contributed by atoms with van der Waals surface area (Å²) in [6, 6.07) is 13.3. The molecule has 0 N–H and O–H groups in total. The van der Waals surface area contributed by atoms with Crippen LogP contribution in [-0.4, -0.2) is 14.3 Å². The van der Waals surface area contributed by atoms with Crippen molar-refractivity contribution in [2.24, 2.45) is 0 Å². The molecule has 110 valence electrons. The van der Waals surface area contributed by atoms with Gasteiger partial charge in [-0.2, -0.15) is 0 Å². The van der Waals surface area contributed by atoms with Crippen LogP contribution in [0.5, 0.6) is 0 Å². The van der Waals surface area contributed by atoms with Crippen LogP contribution in [-0.2, 0) is 14.8 Å². The predicted octanol–water partition coefficient (Wildman–Crippen LogP) is 3.34. The van der Waals surface area contributed by atoms with Gasteiger partial charge in [-0.3, -0.25) is 4.79 Å². The normalized spacial score (nSPS) is 11.2. The van der Waals surface area contributed by atoms with Crippen LogP contribution in [0.1, 0.15) is 12.5 Å². The molecule has 0 saturated heterocycles. The summed E-state index contributed by atoms with van der Waals surface area (Å²) in [5.41, 5.74) is 1.32. The number of hydrogen-bond acceptors (Lipinski definition) is 3. The number of aryl methyl sites for hydroxylation is 1. The molecule has 0 atom stereocenters. The second-order valence-corrected chi connectivity index (χ2v) is 7.50. The summed E-state index contributed by atoms with van der Waals surface area (Å²) >= 11 is 2.02. The van der Waals surface area contributed by atoms with Gasteiger partial charge in [-0.1, -0.05) is 29.8 Å². The highest BCUT2D eigenvalue weighted by Crippen LogP contribution is 2.28. The molecular weight excluding hydrogens is 401 g/mol. The van der Waals surface area contributed by atoms with Crippen LogP contribution >= 0.6 is 22.6 Å². The van der Waals surface area contributed by atoms with E-state index in [4.69, 9.17) is 0 Å². The number of benzene rings is 2. The highest BCUT2D eigenvalue weighted by Gasteiger charge is 2.29. The third-order valence-corrected chi connectivity index (χ3v) is 5.63. The lowest BCUT2D eigenvalue weighted by atomic mass is 10.2. The Morgan fingerprint density at radius 1 is 1.05 bits per heavy atom. The third kappa shape index (κ3) is 3.26. The Morgan fingerprint density at radius 3 is 2.14 bits per heavy atom. The van der Waals surface area contributed by atoms with Gasteiger partial charge in [0.1, 0.15) is 0 Å². The summed E-state index contributed by atoms with van der Waals surface area (Å²) in [6.45, 7) is 3.12. The number of rotatable bonds is 3. The van der Waals surface area contributed by atoms with Crippen LogP contribution in [0.3, 0.4) is 0 Å². The Bertz CT molecular complexity index is 770. The van der Waals surface area contributed by atoms with Gasteiger partial charge >= 0.3 is 0 Å². The highest BCUT2D eigenvalue weighted by atomic mass is 127. The van der Waals surface area contributed by atoms with Gasteiger partial charge in [-0.05, 0) is 53.8 Å². The van der Waals surface area contributed by atoms with Crippen molar-refractivity contribution in [2.45, 2.75) is 18.7 Å². The number of halogens is 1. The molecule has 6 heteroatoms. The zero-order valence-corrected chi connectivity index (χ0v) is 14.6. The summed E-state index contributed by atoms with van der Waals surface area (Å²) < 4.78 is 27.0. The molecule has 0 bridgehead atoms. The fourth-order valence-corrected chi connectivity index (χ4v) is 4.14. The van der Waals surface area contributed by atoms with E-state index in [2.05, 4.69) is 0 Å². The lowest BCUT2D eigenvalue weighted by Crippen LogP contribution is -2.35. The number of carbonyl (C=O) groups is 1. The molecule has 0 spiro atoms. The number of amides is 1. The molecule has 0 unspecified atom stereocenters. The topological polar surface area (TPSA) is 54.5 Å². The van der Waals surface area contributed by atoms with Gasteiger partial charge in [0.2, 0.25) is 5.91 Å². The summed E-state index contributed by atoms with van der Waals surface area (Å²) in [6.07, 6.45) is 0. The van der Waals surface area contributed by atoms with E-state index in [0.717, 1.165) is 9.87 Å². The maximum Gasteiger partial charge on any atom is 0.270 e. The second-order valence-electron chi connectivity index (χ2n) is 4.55. The Morgan fingerprint density at radius 2 is 1.62 bits per heavy atom. The van der Waals surface area contributed by atoms with Gasteiger partial charge in [0.05, 0.1) is 10.6 Å². The van der Waals surface area contributed by atoms with E-state index >= 15 is 0 Å². The summed E-state index contributed by atoms with van der Waals surface area (Å²) in [7, 11) is -3.91.